The highest BCUT2D eigenvalue weighted by Gasteiger charge is 2.36. The van der Waals surface area contributed by atoms with E-state index in [4.69, 9.17) is 9.47 Å². The first kappa shape index (κ1) is 20.5. The van der Waals surface area contributed by atoms with Gasteiger partial charge in [-0.3, -0.25) is 9.59 Å². The fraction of sp³-hybridized carbons (Fsp3) is 0.143. The summed E-state index contributed by atoms with van der Waals surface area (Å²) >= 11 is 3.09. The molecule has 0 unspecified atom stereocenters. The van der Waals surface area contributed by atoms with E-state index in [1.165, 1.54) is 4.90 Å². The molecule has 1 aliphatic heterocycles. The van der Waals surface area contributed by atoms with Gasteiger partial charge in [-0.05, 0) is 77.2 Å². The van der Waals surface area contributed by atoms with Gasteiger partial charge in [0.25, 0.3) is 11.1 Å². The van der Waals surface area contributed by atoms with Crippen molar-refractivity contribution >= 4 is 57.3 Å². The van der Waals surface area contributed by atoms with Crippen LogP contribution in [0.25, 0.3) is 6.08 Å². The smallest absolute Gasteiger partial charge is 0.298 e. The van der Waals surface area contributed by atoms with Crippen molar-refractivity contribution in [1.29, 1.82) is 0 Å². The van der Waals surface area contributed by atoms with Crippen LogP contribution in [0.15, 0.2) is 60.0 Å². The van der Waals surface area contributed by atoms with Gasteiger partial charge in [-0.2, -0.15) is 0 Å². The standard InChI is InChI=1S/C21H18INO4S/c1-3-10-27-19-16(22)11-14(12-17(19)26-4-2)13-18-20(24)23(21(25)28-18)15-8-6-5-7-9-15/h3,5-9,11-13H,1,4,10H2,2H3/b18-13-. The maximum absolute atomic E-state index is 12.8. The van der Waals surface area contributed by atoms with Gasteiger partial charge in [-0.25, -0.2) is 4.90 Å². The molecule has 0 aromatic heterocycles. The van der Waals surface area contributed by atoms with E-state index >= 15 is 0 Å². The quantitative estimate of drug-likeness (QED) is 0.282. The molecule has 5 nitrogen and oxygen atoms in total. The molecule has 1 fully saturated rings. The molecule has 0 saturated carbocycles. The number of imide groups is 1. The van der Waals surface area contributed by atoms with Crippen LogP contribution < -0.4 is 14.4 Å². The van der Waals surface area contributed by atoms with Gasteiger partial charge in [0.1, 0.15) is 6.61 Å². The topological polar surface area (TPSA) is 55.8 Å². The van der Waals surface area contributed by atoms with Crippen molar-refractivity contribution in [2.45, 2.75) is 6.92 Å². The lowest BCUT2D eigenvalue weighted by Gasteiger charge is -2.14. The number of nitrogens with zero attached hydrogens (tertiary/aromatic N) is 1. The van der Waals surface area contributed by atoms with E-state index in [0.717, 1.165) is 20.9 Å². The fourth-order valence-corrected chi connectivity index (χ4v) is 4.26. The van der Waals surface area contributed by atoms with E-state index in [0.29, 0.717) is 35.3 Å². The Morgan fingerprint density at radius 1 is 1.18 bits per heavy atom. The highest BCUT2D eigenvalue weighted by molar-refractivity contribution is 14.1. The molecular weight excluding hydrogens is 489 g/mol. The summed E-state index contributed by atoms with van der Waals surface area (Å²) in [4.78, 5) is 26.7. The van der Waals surface area contributed by atoms with Crippen molar-refractivity contribution in [2.24, 2.45) is 0 Å². The van der Waals surface area contributed by atoms with Crippen LogP contribution in [0.3, 0.4) is 0 Å². The first-order chi connectivity index (χ1) is 13.5. The molecule has 0 spiro atoms. The summed E-state index contributed by atoms with van der Waals surface area (Å²) in [6, 6.07) is 12.6. The Morgan fingerprint density at radius 3 is 2.61 bits per heavy atom. The molecule has 1 aliphatic rings. The van der Waals surface area contributed by atoms with Crippen LogP contribution in [0.5, 0.6) is 11.5 Å². The molecule has 28 heavy (non-hydrogen) atoms. The predicted molar refractivity (Wildman–Crippen MR) is 121 cm³/mol. The van der Waals surface area contributed by atoms with E-state index in [1.807, 2.05) is 19.1 Å². The summed E-state index contributed by atoms with van der Waals surface area (Å²) in [6.45, 7) is 6.40. The van der Waals surface area contributed by atoms with E-state index in [2.05, 4.69) is 29.2 Å². The molecule has 2 aromatic carbocycles. The SMILES string of the molecule is C=CCOc1c(I)cc(/C=C2\SC(=O)N(c3ccccc3)C2=O)cc1OCC. The third-order valence-corrected chi connectivity index (χ3v) is 5.45. The molecule has 0 aliphatic carbocycles. The van der Waals surface area contributed by atoms with Crippen LogP contribution in [-0.4, -0.2) is 24.4 Å². The summed E-state index contributed by atoms with van der Waals surface area (Å²) in [5.74, 6) is 0.892. The van der Waals surface area contributed by atoms with E-state index in [9.17, 15) is 9.59 Å². The molecule has 2 aromatic rings. The maximum atomic E-state index is 12.8. The lowest BCUT2D eigenvalue weighted by Crippen LogP contribution is -2.27. The number of benzene rings is 2. The number of hydrogen-bond acceptors (Lipinski definition) is 5. The Kier molecular flexibility index (Phi) is 6.79. The van der Waals surface area contributed by atoms with E-state index < -0.39 is 0 Å². The fourth-order valence-electron chi connectivity index (χ4n) is 2.64. The second kappa shape index (κ2) is 9.29. The van der Waals surface area contributed by atoms with Crippen molar-refractivity contribution in [3.63, 3.8) is 0 Å². The Balaban J connectivity index is 1.94. The largest absolute Gasteiger partial charge is 0.490 e. The zero-order valence-electron chi connectivity index (χ0n) is 15.2. The molecule has 2 amide bonds. The van der Waals surface area contributed by atoms with Crippen molar-refractivity contribution in [3.8, 4) is 11.5 Å². The molecule has 1 heterocycles. The van der Waals surface area contributed by atoms with Gasteiger partial charge in [0.15, 0.2) is 11.5 Å². The Morgan fingerprint density at radius 2 is 1.93 bits per heavy atom. The predicted octanol–water partition coefficient (Wildman–Crippen LogP) is 5.50. The van der Waals surface area contributed by atoms with E-state index in [1.54, 1.807) is 42.5 Å². The molecule has 0 N–H and O–H groups in total. The first-order valence-corrected chi connectivity index (χ1v) is 10.5. The zero-order valence-corrected chi connectivity index (χ0v) is 18.2. The van der Waals surface area contributed by atoms with Gasteiger partial charge in [-0.1, -0.05) is 30.9 Å². The second-order valence-electron chi connectivity index (χ2n) is 5.72. The van der Waals surface area contributed by atoms with Crippen molar-refractivity contribution in [3.05, 3.63) is 69.2 Å². The minimum absolute atomic E-state index is 0.312. The zero-order chi connectivity index (χ0) is 20.1. The molecule has 3 rings (SSSR count). The van der Waals surface area contributed by atoms with Crippen molar-refractivity contribution < 1.29 is 19.1 Å². The number of carbonyl (C=O) groups excluding carboxylic acids is 2. The van der Waals surface area contributed by atoms with Crippen LogP contribution in [-0.2, 0) is 4.79 Å². The van der Waals surface area contributed by atoms with Gasteiger partial charge in [0.05, 0.1) is 20.8 Å². The number of amides is 2. The molecule has 0 bridgehead atoms. The average molecular weight is 507 g/mol. The first-order valence-electron chi connectivity index (χ1n) is 8.58. The summed E-state index contributed by atoms with van der Waals surface area (Å²) in [7, 11) is 0. The number of carbonyl (C=O) groups is 2. The Bertz CT molecular complexity index is 943. The summed E-state index contributed by atoms with van der Waals surface area (Å²) in [5, 5.41) is -0.312. The Hall–Kier alpha value is -2.26. The highest BCUT2D eigenvalue weighted by Crippen LogP contribution is 2.38. The normalized spacial score (nSPS) is 15.2. The van der Waals surface area contributed by atoms with Crippen LogP contribution in [0, 0.1) is 3.57 Å². The van der Waals surface area contributed by atoms with Gasteiger partial charge in [0, 0.05) is 0 Å². The second-order valence-corrected chi connectivity index (χ2v) is 7.87. The number of thioether (sulfide) groups is 1. The minimum atomic E-state index is -0.332. The molecule has 0 radical (unpaired) electrons. The number of rotatable bonds is 7. The summed E-state index contributed by atoms with van der Waals surface area (Å²) in [6.07, 6.45) is 3.37. The van der Waals surface area contributed by atoms with E-state index in [-0.39, 0.29) is 11.1 Å². The van der Waals surface area contributed by atoms with Crippen molar-refractivity contribution in [1.82, 2.24) is 0 Å². The number of halogens is 1. The number of ether oxygens (including phenoxy) is 2. The highest BCUT2D eigenvalue weighted by atomic mass is 127. The number of hydrogen-bond donors (Lipinski definition) is 0. The van der Waals surface area contributed by atoms with Crippen LogP contribution >= 0.6 is 34.4 Å². The molecule has 7 heteroatoms. The van der Waals surface area contributed by atoms with Gasteiger partial charge >= 0.3 is 0 Å². The van der Waals surface area contributed by atoms with Gasteiger partial charge < -0.3 is 9.47 Å². The third kappa shape index (κ3) is 4.41. The van der Waals surface area contributed by atoms with Crippen LogP contribution in [0.4, 0.5) is 10.5 Å². The monoisotopic (exact) mass is 507 g/mol. The molecule has 0 atom stereocenters. The number of para-hydroxylation sites is 1. The third-order valence-electron chi connectivity index (χ3n) is 3.78. The lowest BCUT2D eigenvalue weighted by atomic mass is 10.1. The van der Waals surface area contributed by atoms with Crippen molar-refractivity contribution in [2.75, 3.05) is 18.1 Å². The molecular formula is C21H18INO4S. The molecule has 1 saturated heterocycles. The maximum Gasteiger partial charge on any atom is 0.298 e. The van der Waals surface area contributed by atoms with Crippen LogP contribution in [0.2, 0.25) is 0 Å². The molecule has 144 valence electrons. The van der Waals surface area contributed by atoms with Gasteiger partial charge in [-0.15, -0.1) is 0 Å². The average Bonchev–Trinajstić information content (AvgIpc) is 2.95. The minimum Gasteiger partial charge on any atom is -0.490 e. The summed E-state index contributed by atoms with van der Waals surface area (Å²) in [5.41, 5.74) is 1.32. The number of anilines is 1. The van der Waals surface area contributed by atoms with Crippen LogP contribution in [0.1, 0.15) is 12.5 Å². The lowest BCUT2D eigenvalue weighted by molar-refractivity contribution is -0.113. The van der Waals surface area contributed by atoms with Gasteiger partial charge in [0.2, 0.25) is 0 Å². The Labute approximate surface area is 181 Å². The summed E-state index contributed by atoms with van der Waals surface area (Å²) < 4.78 is 12.2.